The van der Waals surface area contributed by atoms with Crippen LogP contribution in [-0.4, -0.2) is 43.4 Å². The molecule has 0 saturated heterocycles. The molecule has 1 heterocycles. The van der Waals surface area contributed by atoms with E-state index in [4.69, 9.17) is 9.47 Å². The van der Waals surface area contributed by atoms with E-state index in [1.165, 1.54) is 6.07 Å². The number of aryl methyl sites for hydroxylation is 1. The van der Waals surface area contributed by atoms with Crippen LogP contribution in [0.25, 0.3) is 0 Å². The summed E-state index contributed by atoms with van der Waals surface area (Å²) in [5.74, 6) is 1.16. The van der Waals surface area contributed by atoms with E-state index in [2.05, 4.69) is 15.3 Å². The monoisotopic (exact) mass is 227 g/mol. The molecule has 0 aliphatic rings. The molecular formula is C10H17N3O3. The molecule has 0 aliphatic heterocycles. The van der Waals surface area contributed by atoms with Crippen molar-refractivity contribution in [1.82, 2.24) is 9.97 Å². The van der Waals surface area contributed by atoms with Gasteiger partial charge in [0, 0.05) is 19.7 Å². The molecule has 0 aromatic carbocycles. The number of aromatic amines is 1. The van der Waals surface area contributed by atoms with E-state index in [0.29, 0.717) is 38.0 Å². The summed E-state index contributed by atoms with van der Waals surface area (Å²) in [5, 5.41) is 3.01. The highest BCUT2D eigenvalue weighted by molar-refractivity contribution is 5.32. The van der Waals surface area contributed by atoms with Gasteiger partial charge in [-0.1, -0.05) is 0 Å². The largest absolute Gasteiger partial charge is 0.382 e. The zero-order valence-electron chi connectivity index (χ0n) is 9.58. The Morgan fingerprint density at radius 3 is 2.94 bits per heavy atom. The fraction of sp³-hybridized carbons (Fsp3) is 0.600. The third-order valence-corrected chi connectivity index (χ3v) is 1.84. The molecule has 0 saturated carbocycles. The van der Waals surface area contributed by atoms with Gasteiger partial charge in [-0.3, -0.25) is 4.79 Å². The lowest BCUT2D eigenvalue weighted by Gasteiger charge is -2.06. The van der Waals surface area contributed by atoms with Crippen LogP contribution in [0.5, 0.6) is 0 Å². The first-order valence-corrected chi connectivity index (χ1v) is 5.11. The molecule has 6 nitrogen and oxygen atoms in total. The standard InChI is InChI=1S/C10H17N3O3/c1-8-12-9(7-10(14)13-8)11-3-4-16-6-5-15-2/h7H,3-6H2,1-2H3,(H2,11,12,13,14). The maximum absolute atomic E-state index is 11.1. The summed E-state index contributed by atoms with van der Waals surface area (Å²) in [4.78, 5) is 17.8. The van der Waals surface area contributed by atoms with E-state index >= 15 is 0 Å². The third-order valence-electron chi connectivity index (χ3n) is 1.84. The summed E-state index contributed by atoms with van der Waals surface area (Å²) in [6.07, 6.45) is 0. The molecule has 0 bridgehead atoms. The second-order valence-corrected chi connectivity index (χ2v) is 3.25. The molecule has 1 aromatic heterocycles. The Bertz CT molecular complexity index is 365. The van der Waals surface area contributed by atoms with Crippen molar-refractivity contribution in [2.45, 2.75) is 6.92 Å². The van der Waals surface area contributed by atoms with Crippen LogP contribution in [0.15, 0.2) is 10.9 Å². The zero-order valence-corrected chi connectivity index (χ0v) is 9.58. The first-order chi connectivity index (χ1) is 7.72. The SMILES string of the molecule is COCCOCCNc1cc(=O)[nH]c(C)n1. The fourth-order valence-electron chi connectivity index (χ4n) is 1.17. The van der Waals surface area contributed by atoms with Crippen molar-refractivity contribution < 1.29 is 9.47 Å². The molecule has 0 atom stereocenters. The molecule has 1 rings (SSSR count). The lowest BCUT2D eigenvalue weighted by molar-refractivity contribution is 0.0759. The van der Waals surface area contributed by atoms with Crippen molar-refractivity contribution in [3.05, 3.63) is 22.2 Å². The number of methoxy groups -OCH3 is 1. The van der Waals surface area contributed by atoms with Crippen molar-refractivity contribution in [2.24, 2.45) is 0 Å². The van der Waals surface area contributed by atoms with Crippen LogP contribution in [0.3, 0.4) is 0 Å². The number of hydrogen-bond acceptors (Lipinski definition) is 5. The molecule has 0 unspecified atom stereocenters. The van der Waals surface area contributed by atoms with Gasteiger partial charge in [0.15, 0.2) is 0 Å². The van der Waals surface area contributed by atoms with Crippen molar-refractivity contribution >= 4 is 5.82 Å². The van der Waals surface area contributed by atoms with E-state index < -0.39 is 0 Å². The van der Waals surface area contributed by atoms with Crippen LogP contribution in [-0.2, 0) is 9.47 Å². The molecule has 0 aliphatic carbocycles. The number of hydrogen-bond donors (Lipinski definition) is 2. The maximum atomic E-state index is 11.1. The number of nitrogens with one attached hydrogen (secondary N) is 2. The number of H-pyrrole nitrogens is 1. The van der Waals surface area contributed by atoms with E-state index in [9.17, 15) is 4.79 Å². The molecule has 0 amide bonds. The molecule has 1 aromatic rings. The fourth-order valence-corrected chi connectivity index (χ4v) is 1.17. The summed E-state index contributed by atoms with van der Waals surface area (Å²) in [6, 6.07) is 1.42. The minimum Gasteiger partial charge on any atom is -0.382 e. The lowest BCUT2D eigenvalue weighted by Crippen LogP contribution is -2.16. The quantitative estimate of drug-likeness (QED) is 0.649. The second-order valence-electron chi connectivity index (χ2n) is 3.25. The summed E-state index contributed by atoms with van der Waals surface area (Å²) in [7, 11) is 1.63. The number of anilines is 1. The molecule has 0 fully saturated rings. The average Bonchev–Trinajstić information content (AvgIpc) is 2.22. The first kappa shape index (κ1) is 12.7. The van der Waals surface area contributed by atoms with Gasteiger partial charge in [-0.05, 0) is 6.92 Å². The van der Waals surface area contributed by atoms with Crippen molar-refractivity contribution in [3.8, 4) is 0 Å². The molecular weight excluding hydrogens is 210 g/mol. The van der Waals surface area contributed by atoms with Crippen LogP contribution >= 0.6 is 0 Å². The Kier molecular flexibility index (Phi) is 5.52. The van der Waals surface area contributed by atoms with Crippen molar-refractivity contribution in [1.29, 1.82) is 0 Å². The number of ether oxygens (including phenoxy) is 2. The second kappa shape index (κ2) is 6.97. The topological polar surface area (TPSA) is 76.2 Å². The van der Waals surface area contributed by atoms with Gasteiger partial charge in [0.2, 0.25) is 0 Å². The molecule has 6 heteroatoms. The summed E-state index contributed by atoms with van der Waals surface area (Å²) in [6.45, 7) is 4.06. The molecule has 16 heavy (non-hydrogen) atoms. The number of aromatic nitrogens is 2. The predicted molar refractivity (Wildman–Crippen MR) is 60.8 cm³/mol. The molecule has 90 valence electrons. The lowest BCUT2D eigenvalue weighted by atomic mass is 10.5. The summed E-state index contributed by atoms with van der Waals surface area (Å²) in [5.41, 5.74) is -0.157. The predicted octanol–water partition coefficient (Wildman–Crippen LogP) is 0.153. The highest BCUT2D eigenvalue weighted by Crippen LogP contribution is 1.96. The van der Waals surface area contributed by atoms with Gasteiger partial charge in [0.1, 0.15) is 11.6 Å². The van der Waals surface area contributed by atoms with Gasteiger partial charge in [0.25, 0.3) is 5.56 Å². The molecule has 0 spiro atoms. The summed E-state index contributed by atoms with van der Waals surface area (Å²) < 4.78 is 10.1. The van der Waals surface area contributed by atoms with Crippen LogP contribution in [0.4, 0.5) is 5.82 Å². The minimum absolute atomic E-state index is 0.157. The van der Waals surface area contributed by atoms with Crippen LogP contribution in [0, 0.1) is 6.92 Å². The van der Waals surface area contributed by atoms with Gasteiger partial charge in [-0.15, -0.1) is 0 Å². The zero-order chi connectivity index (χ0) is 11.8. The van der Waals surface area contributed by atoms with Gasteiger partial charge in [-0.2, -0.15) is 0 Å². The Balaban J connectivity index is 2.24. The maximum Gasteiger partial charge on any atom is 0.252 e. The van der Waals surface area contributed by atoms with Gasteiger partial charge in [-0.25, -0.2) is 4.98 Å². The Morgan fingerprint density at radius 2 is 2.25 bits per heavy atom. The average molecular weight is 227 g/mol. The Hall–Kier alpha value is -1.40. The van der Waals surface area contributed by atoms with Gasteiger partial charge in [0.05, 0.1) is 19.8 Å². The molecule has 2 N–H and O–H groups in total. The highest BCUT2D eigenvalue weighted by atomic mass is 16.5. The van der Waals surface area contributed by atoms with Crippen LogP contribution in [0.1, 0.15) is 5.82 Å². The highest BCUT2D eigenvalue weighted by Gasteiger charge is 1.96. The minimum atomic E-state index is -0.157. The number of nitrogens with zero attached hydrogens (tertiary/aromatic N) is 1. The Labute approximate surface area is 94.0 Å². The Morgan fingerprint density at radius 1 is 1.44 bits per heavy atom. The van der Waals surface area contributed by atoms with Crippen LogP contribution < -0.4 is 10.9 Å². The van der Waals surface area contributed by atoms with E-state index in [-0.39, 0.29) is 5.56 Å². The molecule has 0 radical (unpaired) electrons. The van der Waals surface area contributed by atoms with Crippen LogP contribution in [0.2, 0.25) is 0 Å². The summed E-state index contributed by atoms with van der Waals surface area (Å²) >= 11 is 0. The number of rotatable bonds is 7. The third kappa shape index (κ3) is 4.90. The first-order valence-electron chi connectivity index (χ1n) is 5.11. The van der Waals surface area contributed by atoms with E-state index in [1.54, 1.807) is 14.0 Å². The van der Waals surface area contributed by atoms with Crippen molar-refractivity contribution in [2.75, 3.05) is 38.8 Å². The van der Waals surface area contributed by atoms with E-state index in [0.717, 1.165) is 0 Å². The van der Waals surface area contributed by atoms with E-state index in [1.807, 2.05) is 0 Å². The normalized spacial score (nSPS) is 10.4. The van der Waals surface area contributed by atoms with Crippen molar-refractivity contribution in [3.63, 3.8) is 0 Å². The smallest absolute Gasteiger partial charge is 0.252 e. The van der Waals surface area contributed by atoms with Gasteiger partial charge >= 0.3 is 0 Å². The van der Waals surface area contributed by atoms with Gasteiger partial charge < -0.3 is 19.8 Å².